The molecular weight excluding hydrogens is 72.1 g/mol. The van der Waals surface area contributed by atoms with Crippen molar-refractivity contribution in [1.29, 1.82) is 0 Å². The Kier molecular flexibility index (Phi) is 4.23. The summed E-state index contributed by atoms with van der Waals surface area (Å²) in [5.74, 6) is 2.40. The molecule has 0 saturated heterocycles. The van der Waals surface area contributed by atoms with Crippen LogP contribution in [0.4, 0.5) is 0 Å². The molecule has 0 rings (SSSR count). The van der Waals surface area contributed by atoms with E-state index in [0.717, 1.165) is 12.8 Å². The van der Waals surface area contributed by atoms with Crippen LogP contribution in [0.3, 0.4) is 0 Å². The zero-order valence-electron chi connectivity index (χ0n) is 3.78. The summed E-state index contributed by atoms with van der Waals surface area (Å²) < 4.78 is 0. The standard InChI is InChI=1S/C6H8/c1-3-5-6-4-2/h1,5H,2,4,6H2. The highest BCUT2D eigenvalue weighted by Gasteiger charge is 1.72. The lowest BCUT2D eigenvalue weighted by Crippen LogP contribution is -1.65. The fourth-order valence-electron chi connectivity index (χ4n) is 0.185. The summed E-state index contributed by atoms with van der Waals surface area (Å²) in [6, 6.07) is 0. The maximum Gasteiger partial charge on any atom is 0.0337 e. The topological polar surface area (TPSA) is 0 Å². The zero-order valence-corrected chi connectivity index (χ0v) is 3.78. The van der Waals surface area contributed by atoms with Gasteiger partial charge >= 0.3 is 0 Å². The van der Waals surface area contributed by atoms with Gasteiger partial charge in [-0.15, -0.1) is 12.3 Å². The summed E-state index contributed by atoms with van der Waals surface area (Å²) in [6.45, 7) is 3.60. The van der Waals surface area contributed by atoms with Gasteiger partial charge in [0.2, 0.25) is 0 Å². The predicted molar refractivity (Wildman–Crippen MR) is 27.7 cm³/mol. The van der Waals surface area contributed by atoms with Crippen LogP contribution < -0.4 is 0 Å². The number of hydrogen-bond donors (Lipinski definition) is 0. The van der Waals surface area contributed by atoms with Crippen molar-refractivity contribution in [3.63, 3.8) is 0 Å². The third kappa shape index (κ3) is 3.56. The van der Waals surface area contributed by atoms with E-state index in [1.54, 1.807) is 6.42 Å². The molecule has 2 radical (unpaired) electrons. The van der Waals surface area contributed by atoms with Crippen LogP contribution in [-0.2, 0) is 0 Å². The van der Waals surface area contributed by atoms with E-state index in [-0.39, 0.29) is 0 Å². The Morgan fingerprint density at radius 2 is 2.50 bits per heavy atom. The van der Waals surface area contributed by atoms with Gasteiger partial charge in [-0.2, -0.15) is 0 Å². The van der Waals surface area contributed by atoms with Gasteiger partial charge < -0.3 is 0 Å². The predicted octanol–water partition coefficient (Wildman–Crippen LogP) is 1.44. The van der Waals surface area contributed by atoms with Crippen molar-refractivity contribution in [2.45, 2.75) is 12.8 Å². The Morgan fingerprint density at radius 3 is 2.67 bits per heavy atom. The molecule has 0 heteroatoms. The summed E-state index contributed by atoms with van der Waals surface area (Å²) >= 11 is 0. The fourth-order valence-corrected chi connectivity index (χ4v) is 0.185. The Bertz CT molecular complexity index is 47.5. The van der Waals surface area contributed by atoms with Crippen molar-refractivity contribution >= 4 is 0 Å². The van der Waals surface area contributed by atoms with Crippen molar-refractivity contribution < 1.29 is 0 Å². The van der Waals surface area contributed by atoms with Crippen LogP contribution >= 0.6 is 0 Å². The van der Waals surface area contributed by atoms with E-state index in [9.17, 15) is 0 Å². The van der Waals surface area contributed by atoms with Gasteiger partial charge in [-0.05, 0) is 6.42 Å². The molecule has 0 bridgehead atoms. The Morgan fingerprint density at radius 1 is 1.83 bits per heavy atom. The van der Waals surface area contributed by atoms with Crippen LogP contribution in [-0.4, -0.2) is 0 Å². The van der Waals surface area contributed by atoms with Gasteiger partial charge in [0.15, 0.2) is 0 Å². The highest BCUT2D eigenvalue weighted by atomic mass is 13.8. The lowest BCUT2D eigenvalue weighted by Gasteiger charge is -1.78. The van der Waals surface area contributed by atoms with E-state index in [2.05, 4.69) is 12.8 Å². The SMILES string of the molecule is C#C[CH]CC[CH2]. The van der Waals surface area contributed by atoms with Crippen molar-refractivity contribution in [3.05, 3.63) is 13.3 Å². The smallest absolute Gasteiger partial charge is 0.0337 e. The minimum atomic E-state index is 0.907. The quantitative estimate of drug-likeness (QED) is 0.348. The average Bonchev–Trinajstić information content (AvgIpc) is 1.61. The molecular formula is C6H8. The molecule has 0 aliphatic heterocycles. The van der Waals surface area contributed by atoms with Crippen LogP contribution in [0.1, 0.15) is 12.8 Å². The summed E-state index contributed by atoms with van der Waals surface area (Å²) in [5, 5.41) is 0. The van der Waals surface area contributed by atoms with Crippen LogP contribution in [0, 0.1) is 25.7 Å². The molecule has 0 aliphatic carbocycles. The van der Waals surface area contributed by atoms with Crippen LogP contribution in [0.2, 0.25) is 0 Å². The van der Waals surface area contributed by atoms with Crippen LogP contribution in [0.15, 0.2) is 0 Å². The largest absolute Gasteiger partial charge is 0.120 e. The molecule has 0 nitrogen and oxygen atoms in total. The third-order valence-electron chi connectivity index (χ3n) is 0.466. The molecule has 0 unspecified atom stereocenters. The summed E-state index contributed by atoms with van der Waals surface area (Å²) in [5.41, 5.74) is 0. The monoisotopic (exact) mass is 80.1 g/mol. The van der Waals surface area contributed by atoms with Crippen LogP contribution in [0.5, 0.6) is 0 Å². The molecule has 0 aromatic carbocycles. The van der Waals surface area contributed by atoms with Crippen molar-refractivity contribution in [2.75, 3.05) is 0 Å². The zero-order chi connectivity index (χ0) is 4.83. The second kappa shape index (κ2) is 4.56. The third-order valence-corrected chi connectivity index (χ3v) is 0.466. The molecule has 6 heavy (non-hydrogen) atoms. The first-order valence-corrected chi connectivity index (χ1v) is 1.99. The normalized spacial score (nSPS) is 7.33. The van der Waals surface area contributed by atoms with E-state index < -0.39 is 0 Å². The molecule has 0 aliphatic rings. The molecule has 0 fully saturated rings. The van der Waals surface area contributed by atoms with E-state index in [0.29, 0.717) is 0 Å². The molecule has 0 saturated carbocycles. The molecule has 0 atom stereocenters. The Hall–Kier alpha value is -0.440. The second-order valence-corrected chi connectivity index (χ2v) is 1.01. The molecule has 0 aromatic heterocycles. The van der Waals surface area contributed by atoms with Crippen molar-refractivity contribution in [1.82, 2.24) is 0 Å². The first-order valence-electron chi connectivity index (χ1n) is 1.99. The lowest BCUT2D eigenvalue weighted by molar-refractivity contribution is 1.01. The summed E-state index contributed by atoms with van der Waals surface area (Å²) in [6.07, 6.45) is 8.50. The minimum Gasteiger partial charge on any atom is -0.120 e. The lowest BCUT2D eigenvalue weighted by atomic mass is 10.3. The maximum absolute atomic E-state index is 4.88. The van der Waals surface area contributed by atoms with E-state index in [4.69, 9.17) is 6.42 Å². The number of hydrogen-bond acceptors (Lipinski definition) is 0. The fraction of sp³-hybridized carbons (Fsp3) is 0.333. The van der Waals surface area contributed by atoms with Gasteiger partial charge in [0.25, 0.3) is 0 Å². The van der Waals surface area contributed by atoms with Crippen LogP contribution in [0.25, 0.3) is 0 Å². The number of terminal acetylenes is 1. The highest BCUT2D eigenvalue weighted by Crippen LogP contribution is 1.86. The van der Waals surface area contributed by atoms with Gasteiger partial charge in [-0.1, -0.05) is 13.3 Å². The van der Waals surface area contributed by atoms with Crippen molar-refractivity contribution in [2.24, 2.45) is 0 Å². The molecule has 32 valence electrons. The van der Waals surface area contributed by atoms with E-state index >= 15 is 0 Å². The van der Waals surface area contributed by atoms with Gasteiger partial charge in [0.1, 0.15) is 0 Å². The summed E-state index contributed by atoms with van der Waals surface area (Å²) in [7, 11) is 0. The summed E-state index contributed by atoms with van der Waals surface area (Å²) in [4.78, 5) is 0. The maximum atomic E-state index is 4.88. The van der Waals surface area contributed by atoms with E-state index in [1.807, 2.05) is 0 Å². The molecule has 0 N–H and O–H groups in total. The van der Waals surface area contributed by atoms with Gasteiger partial charge in [0.05, 0.1) is 0 Å². The molecule has 0 spiro atoms. The van der Waals surface area contributed by atoms with Gasteiger partial charge in [0, 0.05) is 6.42 Å². The highest BCUT2D eigenvalue weighted by molar-refractivity contribution is 5.00. The second-order valence-electron chi connectivity index (χ2n) is 1.01. The average molecular weight is 80.1 g/mol. The number of rotatable bonds is 2. The van der Waals surface area contributed by atoms with Crippen molar-refractivity contribution in [3.8, 4) is 12.3 Å². The molecule has 0 heterocycles. The Labute approximate surface area is 39.6 Å². The number of unbranched alkanes of at least 4 members (excludes halogenated alkanes) is 2. The van der Waals surface area contributed by atoms with E-state index in [1.165, 1.54) is 0 Å². The van der Waals surface area contributed by atoms with Gasteiger partial charge in [-0.25, -0.2) is 0 Å². The molecule has 0 amide bonds. The van der Waals surface area contributed by atoms with Gasteiger partial charge in [-0.3, -0.25) is 0 Å². The Balaban J connectivity index is 2.54. The minimum absolute atomic E-state index is 0.907. The molecule has 0 aromatic rings. The first kappa shape index (κ1) is 5.56. The first-order chi connectivity index (χ1) is 2.91.